The predicted molar refractivity (Wildman–Crippen MR) is 88.9 cm³/mol. The number of nitrogens with one attached hydrogen (secondary N) is 1. The van der Waals surface area contributed by atoms with Gasteiger partial charge in [-0.2, -0.15) is 10.3 Å². The number of carboxylic acids is 1. The van der Waals surface area contributed by atoms with E-state index in [0.29, 0.717) is 5.69 Å². The van der Waals surface area contributed by atoms with Gasteiger partial charge in [0.15, 0.2) is 5.69 Å². The largest absolute Gasteiger partial charge is 0.476 e. The molecule has 5 heteroatoms. The van der Waals surface area contributed by atoms with Gasteiger partial charge in [-0.3, -0.25) is 0 Å². The summed E-state index contributed by atoms with van der Waals surface area (Å²) in [5.41, 5.74) is 4.75. The molecule has 1 heterocycles. The molecule has 114 valence electrons. The second kappa shape index (κ2) is 6.27. The lowest BCUT2D eigenvalue weighted by Crippen LogP contribution is -1.98. The fourth-order valence-corrected chi connectivity index (χ4v) is 2.36. The normalized spacial score (nSPS) is 11.0. The maximum atomic E-state index is 11.0. The number of hydrogen-bond acceptors (Lipinski definition) is 3. The predicted octanol–water partition coefficient (Wildman–Crippen LogP) is 3.65. The quantitative estimate of drug-likeness (QED) is 0.771. The topological polar surface area (TPSA) is 78.9 Å². The molecule has 0 saturated heterocycles. The van der Waals surface area contributed by atoms with Gasteiger partial charge in [0.05, 0.1) is 0 Å². The smallest absolute Gasteiger partial charge is 0.358 e. The summed E-state index contributed by atoms with van der Waals surface area (Å²) < 4.78 is 0. The Bertz CT molecular complexity index is 864. The second-order valence-electron chi connectivity index (χ2n) is 5.13. The molecular weight excluding hydrogens is 290 g/mol. The average Bonchev–Trinajstić information content (AvgIpc) is 3.03. The van der Waals surface area contributed by atoms with E-state index in [9.17, 15) is 4.79 Å². The summed E-state index contributed by atoms with van der Waals surface area (Å²) in [6.07, 6.45) is 3.45. The van der Waals surface area contributed by atoms with Crippen molar-refractivity contribution in [2.24, 2.45) is 0 Å². The van der Waals surface area contributed by atoms with Gasteiger partial charge >= 0.3 is 5.97 Å². The Labute approximate surface area is 133 Å². The molecule has 2 aromatic carbocycles. The molecule has 0 bridgehead atoms. The van der Waals surface area contributed by atoms with Crippen LogP contribution >= 0.6 is 0 Å². The van der Waals surface area contributed by atoms with Gasteiger partial charge in [0.1, 0.15) is 5.69 Å². The minimum absolute atomic E-state index is 0.0854. The Morgan fingerprint density at radius 3 is 2.48 bits per heavy atom. The van der Waals surface area contributed by atoms with Crippen molar-refractivity contribution in [3.05, 3.63) is 71.0 Å². The van der Waals surface area contributed by atoms with Crippen LogP contribution < -0.4 is 0 Å². The van der Waals surface area contributed by atoms with Crippen LogP contribution in [-0.2, 0) is 0 Å². The molecule has 0 aliphatic rings. The first-order chi connectivity index (χ1) is 11.1. The van der Waals surface area contributed by atoms with Crippen LogP contribution in [0.15, 0.2) is 48.5 Å². The van der Waals surface area contributed by atoms with Crippen LogP contribution in [0.3, 0.4) is 0 Å². The average molecular weight is 305 g/mol. The Balaban J connectivity index is 1.83. The standard InChI is InChI=1S/C18H15N3O2/c1-12-4-2-3-5-15(12)14-9-6-13(7-10-14)8-11-16-17(18(22)23)20-21-19-16/h2-11H,1H3,(H,22,23)(H,19,20,21)/b11-8+. The molecule has 0 atom stereocenters. The van der Waals surface area contributed by atoms with E-state index in [1.807, 2.05) is 42.5 Å². The highest BCUT2D eigenvalue weighted by molar-refractivity contribution is 5.90. The third-order valence-corrected chi connectivity index (χ3v) is 3.58. The first-order valence-corrected chi connectivity index (χ1v) is 7.13. The maximum Gasteiger partial charge on any atom is 0.358 e. The van der Waals surface area contributed by atoms with E-state index in [-0.39, 0.29) is 5.69 Å². The van der Waals surface area contributed by atoms with E-state index < -0.39 is 5.97 Å². The van der Waals surface area contributed by atoms with Crippen LogP contribution in [0.1, 0.15) is 27.3 Å². The lowest BCUT2D eigenvalue weighted by Gasteiger charge is -2.05. The highest BCUT2D eigenvalue weighted by atomic mass is 16.4. The van der Waals surface area contributed by atoms with Gasteiger partial charge in [0, 0.05) is 0 Å². The summed E-state index contributed by atoms with van der Waals surface area (Å²) in [4.78, 5) is 11.0. The molecule has 3 aromatic rings. The van der Waals surface area contributed by atoms with Crippen molar-refractivity contribution in [3.63, 3.8) is 0 Å². The fourth-order valence-electron chi connectivity index (χ4n) is 2.36. The van der Waals surface area contributed by atoms with Crippen LogP contribution in [0.4, 0.5) is 0 Å². The van der Waals surface area contributed by atoms with Gasteiger partial charge in [-0.05, 0) is 35.3 Å². The van der Waals surface area contributed by atoms with Crippen molar-refractivity contribution >= 4 is 18.1 Å². The number of aromatic nitrogens is 3. The molecule has 0 aliphatic heterocycles. The van der Waals surface area contributed by atoms with Crippen LogP contribution in [-0.4, -0.2) is 26.5 Å². The van der Waals surface area contributed by atoms with Gasteiger partial charge in [0.2, 0.25) is 0 Å². The highest BCUT2D eigenvalue weighted by Gasteiger charge is 2.12. The molecule has 0 amide bonds. The Hall–Kier alpha value is -3.21. The van der Waals surface area contributed by atoms with Gasteiger partial charge in [-0.15, -0.1) is 5.10 Å². The molecule has 23 heavy (non-hydrogen) atoms. The first-order valence-electron chi connectivity index (χ1n) is 7.13. The van der Waals surface area contributed by atoms with Crippen molar-refractivity contribution in [1.29, 1.82) is 0 Å². The highest BCUT2D eigenvalue weighted by Crippen LogP contribution is 2.23. The molecule has 0 aliphatic carbocycles. The van der Waals surface area contributed by atoms with Crippen molar-refractivity contribution in [2.45, 2.75) is 6.92 Å². The first kappa shape index (κ1) is 14.7. The van der Waals surface area contributed by atoms with Gasteiger partial charge in [0.25, 0.3) is 0 Å². The third kappa shape index (κ3) is 3.18. The second-order valence-corrected chi connectivity index (χ2v) is 5.13. The van der Waals surface area contributed by atoms with Crippen LogP contribution in [0.2, 0.25) is 0 Å². The van der Waals surface area contributed by atoms with Crippen LogP contribution in [0.25, 0.3) is 23.3 Å². The molecule has 0 spiro atoms. The van der Waals surface area contributed by atoms with E-state index in [2.05, 4.69) is 34.5 Å². The maximum absolute atomic E-state index is 11.0. The molecular formula is C18H15N3O2. The van der Waals surface area contributed by atoms with E-state index in [0.717, 1.165) is 11.1 Å². The molecule has 2 N–H and O–H groups in total. The summed E-state index contributed by atoms with van der Waals surface area (Å²) >= 11 is 0. The number of aromatic amines is 1. The van der Waals surface area contributed by atoms with Crippen LogP contribution in [0.5, 0.6) is 0 Å². The number of aromatic carboxylic acids is 1. The summed E-state index contributed by atoms with van der Waals surface area (Å²) in [7, 11) is 0. The number of rotatable bonds is 4. The van der Waals surface area contributed by atoms with Gasteiger partial charge in [-0.1, -0.05) is 54.6 Å². The fraction of sp³-hybridized carbons (Fsp3) is 0.0556. The minimum atomic E-state index is -1.10. The zero-order valence-electron chi connectivity index (χ0n) is 12.5. The summed E-state index contributed by atoms with van der Waals surface area (Å²) in [5.74, 6) is -1.10. The Morgan fingerprint density at radius 2 is 1.78 bits per heavy atom. The van der Waals surface area contributed by atoms with Gasteiger partial charge in [-0.25, -0.2) is 4.79 Å². The van der Waals surface area contributed by atoms with E-state index in [4.69, 9.17) is 5.11 Å². The molecule has 0 unspecified atom stereocenters. The zero-order chi connectivity index (χ0) is 16.2. The molecule has 3 rings (SSSR count). The molecule has 0 fully saturated rings. The Kier molecular flexibility index (Phi) is 4.01. The van der Waals surface area contributed by atoms with Crippen LogP contribution in [0, 0.1) is 6.92 Å². The minimum Gasteiger partial charge on any atom is -0.476 e. The lowest BCUT2D eigenvalue weighted by atomic mass is 9.99. The molecule has 1 aromatic heterocycles. The van der Waals surface area contributed by atoms with Crippen molar-refractivity contribution in [2.75, 3.05) is 0 Å². The number of carboxylic acid groups (broad SMARTS) is 1. The number of H-pyrrole nitrogens is 1. The number of carbonyl (C=O) groups is 1. The van der Waals surface area contributed by atoms with E-state index in [1.165, 1.54) is 11.1 Å². The van der Waals surface area contributed by atoms with E-state index >= 15 is 0 Å². The van der Waals surface area contributed by atoms with Crippen molar-refractivity contribution < 1.29 is 9.90 Å². The SMILES string of the molecule is Cc1ccccc1-c1ccc(/C=C/c2n[nH]nc2C(=O)O)cc1. The number of aryl methyl sites for hydroxylation is 1. The zero-order valence-corrected chi connectivity index (χ0v) is 12.5. The third-order valence-electron chi connectivity index (χ3n) is 3.58. The van der Waals surface area contributed by atoms with Crippen molar-refractivity contribution in [3.8, 4) is 11.1 Å². The van der Waals surface area contributed by atoms with Gasteiger partial charge < -0.3 is 5.11 Å². The molecule has 0 saturated carbocycles. The summed E-state index contributed by atoms with van der Waals surface area (Å²) in [5, 5.41) is 18.7. The number of nitrogens with zero attached hydrogens (tertiary/aromatic N) is 2. The summed E-state index contributed by atoms with van der Waals surface area (Å²) in [6.45, 7) is 2.08. The summed E-state index contributed by atoms with van der Waals surface area (Å²) in [6, 6.07) is 16.3. The number of benzene rings is 2. The lowest BCUT2D eigenvalue weighted by molar-refractivity contribution is 0.0690. The van der Waals surface area contributed by atoms with E-state index in [1.54, 1.807) is 6.08 Å². The Morgan fingerprint density at radius 1 is 1.04 bits per heavy atom. The monoisotopic (exact) mass is 305 g/mol. The van der Waals surface area contributed by atoms with Crippen molar-refractivity contribution in [1.82, 2.24) is 15.4 Å². The molecule has 0 radical (unpaired) electrons. The molecule has 5 nitrogen and oxygen atoms in total. The number of hydrogen-bond donors (Lipinski definition) is 2.